The van der Waals surface area contributed by atoms with E-state index in [1.54, 1.807) is 19.4 Å². The van der Waals surface area contributed by atoms with Gasteiger partial charge in [-0.2, -0.15) is 5.10 Å². The van der Waals surface area contributed by atoms with Gasteiger partial charge in [0.1, 0.15) is 5.69 Å². The van der Waals surface area contributed by atoms with Gasteiger partial charge < -0.3 is 10.1 Å². The molecule has 0 atom stereocenters. The van der Waals surface area contributed by atoms with Crippen LogP contribution in [0.25, 0.3) is 0 Å². The summed E-state index contributed by atoms with van der Waals surface area (Å²) < 4.78 is 7.02. The zero-order chi connectivity index (χ0) is 17.3. The number of nitrogens with one attached hydrogen (secondary N) is 1. The van der Waals surface area contributed by atoms with E-state index in [4.69, 9.17) is 4.74 Å². The molecule has 24 heavy (non-hydrogen) atoms. The van der Waals surface area contributed by atoms with E-state index in [1.165, 1.54) is 18.5 Å². The monoisotopic (exact) mass is 328 g/mol. The zero-order valence-corrected chi connectivity index (χ0v) is 14.7. The van der Waals surface area contributed by atoms with Crippen molar-refractivity contribution in [3.63, 3.8) is 0 Å². The normalized spacial score (nSPS) is 14.5. The van der Waals surface area contributed by atoms with E-state index in [9.17, 15) is 4.79 Å². The molecule has 0 aromatic carbocycles. The molecular weight excluding hydrogens is 304 g/mol. The molecule has 1 aliphatic carbocycles. The van der Waals surface area contributed by atoms with Crippen LogP contribution in [0.3, 0.4) is 0 Å². The lowest BCUT2D eigenvalue weighted by Gasteiger charge is -2.22. The maximum atomic E-state index is 12.4. The maximum Gasteiger partial charge on any atom is 0.272 e. The molecule has 2 aromatic rings. The molecule has 6 nitrogen and oxygen atoms in total. The number of carbonyl (C=O) groups excluding carboxylic acids is 1. The Bertz CT molecular complexity index is 724. The lowest BCUT2D eigenvalue weighted by atomic mass is 10.1. The fourth-order valence-corrected chi connectivity index (χ4v) is 2.62. The number of rotatable bonds is 5. The number of methoxy groups -OCH3 is 1. The summed E-state index contributed by atoms with van der Waals surface area (Å²) in [6.07, 6.45) is 4.06. The van der Waals surface area contributed by atoms with Gasteiger partial charge in [0.25, 0.3) is 5.91 Å². The van der Waals surface area contributed by atoms with Crippen molar-refractivity contribution in [2.24, 2.45) is 0 Å². The highest BCUT2D eigenvalue weighted by Crippen LogP contribution is 2.41. The Morgan fingerprint density at radius 3 is 2.67 bits per heavy atom. The Kier molecular flexibility index (Phi) is 4.30. The molecule has 1 fully saturated rings. The van der Waals surface area contributed by atoms with E-state index < -0.39 is 0 Å². The molecule has 0 unspecified atom stereocenters. The van der Waals surface area contributed by atoms with Crippen LogP contribution in [0, 0.1) is 0 Å². The van der Waals surface area contributed by atoms with Crippen molar-refractivity contribution in [1.82, 2.24) is 20.1 Å². The lowest BCUT2D eigenvalue weighted by Crippen LogP contribution is -2.27. The van der Waals surface area contributed by atoms with Crippen LogP contribution in [-0.4, -0.2) is 27.8 Å². The van der Waals surface area contributed by atoms with Crippen LogP contribution < -0.4 is 10.1 Å². The first-order valence-electron chi connectivity index (χ1n) is 8.26. The standard InChI is InChI=1S/C18H24N4O2/c1-18(2,3)22-15(13-6-7-13)9-14(21-22)17(23)20-11-12-5-8-16(24-4)19-10-12/h5,8-10,13H,6-7,11H2,1-4H3,(H,20,23). The summed E-state index contributed by atoms with van der Waals surface area (Å²) in [5.41, 5.74) is 2.44. The second kappa shape index (κ2) is 6.26. The number of aromatic nitrogens is 3. The third-order valence-electron chi connectivity index (χ3n) is 4.06. The minimum atomic E-state index is -0.157. The minimum absolute atomic E-state index is 0.129. The summed E-state index contributed by atoms with van der Waals surface area (Å²) in [5, 5.41) is 7.46. The van der Waals surface area contributed by atoms with Gasteiger partial charge in [0.05, 0.1) is 12.6 Å². The number of amides is 1. The van der Waals surface area contributed by atoms with Crippen molar-refractivity contribution in [2.45, 2.75) is 51.6 Å². The van der Waals surface area contributed by atoms with E-state index in [1.807, 2.05) is 16.8 Å². The van der Waals surface area contributed by atoms with E-state index >= 15 is 0 Å². The second-order valence-electron chi connectivity index (χ2n) is 7.20. The van der Waals surface area contributed by atoms with Gasteiger partial charge in [-0.25, -0.2) is 4.98 Å². The third kappa shape index (κ3) is 3.58. The first-order valence-corrected chi connectivity index (χ1v) is 8.26. The summed E-state index contributed by atoms with van der Waals surface area (Å²) in [5.74, 6) is 0.947. The number of nitrogens with zero attached hydrogens (tertiary/aromatic N) is 3. The summed E-state index contributed by atoms with van der Waals surface area (Å²) in [6.45, 7) is 6.74. The third-order valence-corrected chi connectivity index (χ3v) is 4.06. The smallest absolute Gasteiger partial charge is 0.272 e. The molecule has 0 saturated heterocycles. The van der Waals surface area contributed by atoms with Crippen molar-refractivity contribution < 1.29 is 9.53 Å². The summed E-state index contributed by atoms with van der Waals surface area (Å²) >= 11 is 0. The minimum Gasteiger partial charge on any atom is -0.481 e. The van der Waals surface area contributed by atoms with Gasteiger partial charge >= 0.3 is 0 Å². The van der Waals surface area contributed by atoms with E-state index in [0.29, 0.717) is 24.0 Å². The topological polar surface area (TPSA) is 69.0 Å². The van der Waals surface area contributed by atoms with Crippen LogP contribution in [0.4, 0.5) is 0 Å². The van der Waals surface area contributed by atoms with Crippen LogP contribution >= 0.6 is 0 Å². The lowest BCUT2D eigenvalue weighted by molar-refractivity contribution is 0.0944. The summed E-state index contributed by atoms with van der Waals surface area (Å²) in [6, 6.07) is 5.60. The Balaban J connectivity index is 1.70. The Hall–Kier alpha value is -2.37. The fourth-order valence-electron chi connectivity index (χ4n) is 2.62. The molecule has 6 heteroatoms. The maximum absolute atomic E-state index is 12.4. The molecule has 0 radical (unpaired) electrons. The van der Waals surface area contributed by atoms with Crippen molar-refractivity contribution in [3.05, 3.63) is 41.3 Å². The average molecular weight is 328 g/mol. The largest absolute Gasteiger partial charge is 0.481 e. The molecule has 0 spiro atoms. The number of hydrogen-bond acceptors (Lipinski definition) is 4. The summed E-state index contributed by atoms with van der Waals surface area (Å²) in [7, 11) is 1.58. The fraction of sp³-hybridized carbons (Fsp3) is 0.500. The molecule has 1 N–H and O–H groups in total. The number of ether oxygens (including phenoxy) is 1. The van der Waals surface area contributed by atoms with E-state index in [0.717, 1.165) is 5.56 Å². The predicted octanol–water partition coefficient (Wildman–Crippen LogP) is 2.85. The zero-order valence-electron chi connectivity index (χ0n) is 14.7. The van der Waals surface area contributed by atoms with Gasteiger partial charge in [-0.15, -0.1) is 0 Å². The van der Waals surface area contributed by atoms with Crippen LogP contribution in [0.5, 0.6) is 5.88 Å². The van der Waals surface area contributed by atoms with Crippen molar-refractivity contribution >= 4 is 5.91 Å². The van der Waals surface area contributed by atoms with Crippen molar-refractivity contribution in [2.75, 3.05) is 7.11 Å². The van der Waals surface area contributed by atoms with E-state index in [2.05, 4.69) is 36.2 Å². The van der Waals surface area contributed by atoms with Gasteiger partial charge in [-0.3, -0.25) is 9.48 Å². The van der Waals surface area contributed by atoms with Gasteiger partial charge in [-0.05, 0) is 45.2 Å². The quantitative estimate of drug-likeness (QED) is 0.916. The highest BCUT2D eigenvalue weighted by Gasteiger charge is 2.32. The molecule has 3 rings (SSSR count). The van der Waals surface area contributed by atoms with Crippen molar-refractivity contribution in [3.8, 4) is 5.88 Å². The summed E-state index contributed by atoms with van der Waals surface area (Å²) in [4.78, 5) is 16.6. The Labute approximate surface area is 142 Å². The average Bonchev–Trinajstić information content (AvgIpc) is 3.30. The van der Waals surface area contributed by atoms with Crippen LogP contribution in [0.1, 0.15) is 61.3 Å². The number of carbonyl (C=O) groups is 1. The highest BCUT2D eigenvalue weighted by atomic mass is 16.5. The van der Waals surface area contributed by atoms with Gasteiger partial charge in [0.15, 0.2) is 0 Å². The molecule has 2 aromatic heterocycles. The predicted molar refractivity (Wildman–Crippen MR) is 91.2 cm³/mol. The molecule has 1 saturated carbocycles. The molecule has 1 amide bonds. The van der Waals surface area contributed by atoms with E-state index in [-0.39, 0.29) is 11.4 Å². The number of pyridine rings is 1. The second-order valence-corrected chi connectivity index (χ2v) is 7.20. The van der Waals surface area contributed by atoms with Gasteiger partial charge in [0.2, 0.25) is 5.88 Å². The molecule has 1 aliphatic rings. The Morgan fingerprint density at radius 1 is 1.38 bits per heavy atom. The number of hydrogen-bond donors (Lipinski definition) is 1. The van der Waals surface area contributed by atoms with Gasteiger partial charge in [-0.1, -0.05) is 6.07 Å². The Morgan fingerprint density at radius 2 is 2.12 bits per heavy atom. The van der Waals surface area contributed by atoms with Crippen molar-refractivity contribution in [1.29, 1.82) is 0 Å². The molecular formula is C18H24N4O2. The molecule has 2 heterocycles. The van der Waals surface area contributed by atoms with Crippen LogP contribution in [0.15, 0.2) is 24.4 Å². The first-order chi connectivity index (χ1) is 11.4. The van der Waals surface area contributed by atoms with Gasteiger partial charge in [0, 0.05) is 30.4 Å². The highest BCUT2D eigenvalue weighted by molar-refractivity contribution is 5.92. The molecule has 0 bridgehead atoms. The molecule has 0 aliphatic heterocycles. The SMILES string of the molecule is COc1ccc(CNC(=O)c2cc(C3CC3)n(C(C)(C)C)n2)cn1. The molecule has 128 valence electrons. The first kappa shape index (κ1) is 16.5. The van der Waals surface area contributed by atoms with Crippen LogP contribution in [-0.2, 0) is 12.1 Å². The van der Waals surface area contributed by atoms with Crippen LogP contribution in [0.2, 0.25) is 0 Å².